The number of carboxylic acids is 3. The van der Waals surface area contributed by atoms with Gasteiger partial charge in [-0.25, -0.2) is 13.9 Å². The maximum absolute atomic E-state index is 11.3. The van der Waals surface area contributed by atoms with Crippen LogP contribution < -0.4 is 46.4 Å². The molecule has 0 aromatic rings. The number of hydrogen-bond acceptors (Lipinski definition) is 19. The van der Waals surface area contributed by atoms with Crippen LogP contribution in [0.15, 0.2) is 0 Å². The smallest absolute Gasteiger partial charge is 0.246 e. The Balaban J connectivity index is -0.000000158. The van der Waals surface area contributed by atoms with E-state index in [4.69, 9.17) is 15.3 Å². The molecule has 0 aliphatic heterocycles. The fraction of sp³-hybridized carbons (Fsp3) is 0.838. The van der Waals surface area contributed by atoms with Crippen molar-refractivity contribution in [3.8, 4) is 0 Å². The Bertz CT molecular complexity index is 1250. The second-order valence-corrected chi connectivity index (χ2v) is 17.5. The van der Waals surface area contributed by atoms with Crippen LogP contribution in [0.4, 0.5) is 0 Å². The highest BCUT2D eigenvalue weighted by Gasteiger charge is 2.14. The minimum Gasteiger partial charge on any atom is -0.881 e. The lowest BCUT2D eigenvalue weighted by Crippen LogP contribution is -2.73. The van der Waals surface area contributed by atoms with Crippen LogP contribution in [0, 0.1) is 46.6 Å². The van der Waals surface area contributed by atoms with Crippen molar-refractivity contribution >= 4 is 54.6 Å². The second kappa shape index (κ2) is 40.7. The van der Waals surface area contributed by atoms with Crippen LogP contribution in [0.25, 0.3) is 0 Å². The fourth-order valence-corrected chi connectivity index (χ4v) is 4.19. The van der Waals surface area contributed by atoms with Gasteiger partial charge in [0.25, 0.3) is 0 Å². The average Bonchev–Trinajstić information content (AvgIpc) is 3.18. The van der Waals surface area contributed by atoms with Crippen molar-refractivity contribution in [2.45, 2.75) is 134 Å². The first-order valence-electron chi connectivity index (χ1n) is 19.8. The summed E-state index contributed by atoms with van der Waals surface area (Å²) in [4.78, 5) is 97.6. The molecule has 0 aromatic heterocycles. The van der Waals surface area contributed by atoms with E-state index in [0.717, 1.165) is 12.8 Å². The van der Waals surface area contributed by atoms with E-state index >= 15 is 0 Å². The molecule has 0 spiro atoms. The Kier molecular flexibility index (Phi) is 46.3. The zero-order valence-electron chi connectivity index (χ0n) is 37.7. The van der Waals surface area contributed by atoms with Gasteiger partial charge in [0.1, 0.15) is 12.7 Å². The monoisotopic (exact) mass is 921 g/mol. The molecular formula is C37H71N3O19SSi-8. The highest BCUT2D eigenvalue weighted by atomic mass is 32.2. The first-order chi connectivity index (χ1) is 27.8. The van der Waals surface area contributed by atoms with Gasteiger partial charge < -0.3 is 74.9 Å². The number of nitrogens with one attached hydrogen (secondary N) is 2. The Morgan fingerprint density at radius 3 is 1.31 bits per heavy atom. The lowest BCUT2D eigenvalue weighted by Gasteiger charge is -2.57. The van der Waals surface area contributed by atoms with Crippen molar-refractivity contribution in [1.29, 1.82) is 0 Å². The molecule has 0 aliphatic carbocycles. The van der Waals surface area contributed by atoms with Gasteiger partial charge >= 0.3 is 0 Å². The van der Waals surface area contributed by atoms with E-state index in [-0.39, 0.29) is 73.4 Å². The van der Waals surface area contributed by atoms with Crippen molar-refractivity contribution in [2.75, 3.05) is 25.6 Å². The largest absolute Gasteiger partial charge is 0.881 e. The third kappa shape index (κ3) is 52.7. The Labute approximate surface area is 362 Å². The second-order valence-electron chi connectivity index (χ2n) is 14.2. The maximum Gasteiger partial charge on any atom is 0.246 e. The molecule has 366 valence electrons. The molecule has 0 saturated heterocycles. The number of aliphatic hydroxyl groups excluding tert-OH is 1. The molecular weight excluding hydrogens is 851 g/mol. The van der Waals surface area contributed by atoms with Gasteiger partial charge in [-0.3, -0.25) is 28.0 Å². The summed E-state index contributed by atoms with van der Waals surface area (Å²) in [5, 5.41) is 49.0. The molecule has 0 bridgehead atoms. The van der Waals surface area contributed by atoms with Crippen LogP contribution in [-0.2, 0) is 48.5 Å². The van der Waals surface area contributed by atoms with Crippen LogP contribution in [-0.4, -0.2) is 94.2 Å². The number of ether oxygens (including phenoxy) is 1. The van der Waals surface area contributed by atoms with E-state index in [1.807, 2.05) is 41.5 Å². The Morgan fingerprint density at radius 2 is 1.08 bits per heavy atom. The van der Waals surface area contributed by atoms with E-state index < -0.39 is 66.7 Å². The first-order valence-corrected chi connectivity index (χ1v) is 23.3. The van der Waals surface area contributed by atoms with Crippen molar-refractivity contribution < 1.29 is 86.1 Å². The quantitative estimate of drug-likeness (QED) is 0.0330. The average molecular weight is 922 g/mol. The summed E-state index contributed by atoms with van der Waals surface area (Å²) < 4.78 is 35.1. The molecule has 8 atom stereocenters. The third-order valence-corrected chi connectivity index (χ3v) is 10.5. The highest BCUT2D eigenvalue weighted by Crippen LogP contribution is 2.08. The summed E-state index contributed by atoms with van der Waals surface area (Å²) in [7, 11) is -8.73. The summed E-state index contributed by atoms with van der Waals surface area (Å²) in [5.41, 5.74) is 8.45. The van der Waals surface area contributed by atoms with Crippen molar-refractivity contribution in [3.63, 3.8) is 0 Å². The van der Waals surface area contributed by atoms with E-state index in [1.165, 1.54) is 19.3 Å². The molecule has 22 nitrogen and oxygen atoms in total. The number of amides is 3. The van der Waals surface area contributed by atoms with Crippen LogP contribution in [0.1, 0.15) is 122 Å². The van der Waals surface area contributed by atoms with Crippen LogP contribution in [0.5, 0.6) is 0 Å². The molecule has 0 radical (unpaired) electrons. The van der Waals surface area contributed by atoms with Crippen molar-refractivity contribution in [3.05, 3.63) is 5.21 Å². The minimum atomic E-state index is -4.75. The molecule has 61 heavy (non-hydrogen) atoms. The van der Waals surface area contributed by atoms with Gasteiger partial charge in [-0.15, -0.1) is 6.04 Å². The summed E-state index contributed by atoms with van der Waals surface area (Å²) in [6.07, 6.45) is 2.79. The zero-order valence-corrected chi connectivity index (χ0v) is 39.5. The fourth-order valence-electron chi connectivity index (χ4n) is 2.68. The Morgan fingerprint density at radius 1 is 0.672 bits per heavy atom. The third-order valence-electron chi connectivity index (χ3n) is 8.54. The minimum absolute atomic E-state index is 0.00694. The number of carbonyl (C=O) groups excluding carboxylic acids is 6. The van der Waals surface area contributed by atoms with E-state index in [0.29, 0.717) is 19.3 Å². The summed E-state index contributed by atoms with van der Waals surface area (Å²) >= 11 is 0. The molecule has 0 heterocycles. The number of carbonyl (C=O) groups is 6. The predicted octanol–water partition coefficient (Wildman–Crippen LogP) is -3.85. The van der Waals surface area contributed by atoms with Crippen molar-refractivity contribution in [1.82, 2.24) is 11.0 Å². The van der Waals surface area contributed by atoms with Crippen LogP contribution >= 0.6 is 0 Å². The number of rotatable bonds is 23. The molecule has 24 heteroatoms. The number of aliphatic carboxylic acids is 3. The lowest BCUT2D eigenvalue weighted by molar-refractivity contribution is -0.506. The number of nitrogens with two attached hydrogens (primary N) is 1. The number of hydroxylamine groups is 2. The number of carboxylic acid groups (broad SMARTS) is 3. The molecule has 0 rings (SSSR count). The highest BCUT2D eigenvalue weighted by molar-refractivity contribution is 7.85. The van der Waals surface area contributed by atoms with Gasteiger partial charge in [-0.05, 0) is 43.9 Å². The molecule has 0 fully saturated rings. The number of aliphatic hydroxyl groups is 1. The van der Waals surface area contributed by atoms with Crippen LogP contribution in [0.3, 0.4) is 0 Å². The van der Waals surface area contributed by atoms with E-state index in [9.17, 15) is 81.8 Å². The molecule has 0 aromatic carbocycles. The molecule has 0 aliphatic rings. The van der Waals surface area contributed by atoms with Crippen LogP contribution in [0.2, 0.25) is 6.04 Å². The predicted molar refractivity (Wildman–Crippen MR) is 212 cm³/mol. The summed E-state index contributed by atoms with van der Waals surface area (Å²) in [6, 6.07) is -0.440. The summed E-state index contributed by atoms with van der Waals surface area (Å²) in [6.45, 7) is 20.4. The molecule has 0 saturated carbocycles. The zero-order chi connectivity index (χ0) is 49.7. The van der Waals surface area contributed by atoms with E-state index in [2.05, 4.69) is 5.48 Å². The SMILES string of the molecule is CC(C(=O)[O-])C(C)C(=O)[O-].CCC(C)C(=O)NOCC(O)COCCC[Si]([O-])([O-])[O-].CCC(C)C(=O)N[O-].CCC(C)C(=O)[O-].CCC(C)C(N)=O.CCC(C)CS(=O)(=O)[O-]. The molecule has 8 unspecified atom stereocenters. The topological polar surface area (TPSA) is 410 Å². The normalized spacial score (nSPS) is 14.5. The van der Waals surface area contributed by atoms with Gasteiger partial charge in [0.2, 0.25) is 17.7 Å². The van der Waals surface area contributed by atoms with Gasteiger partial charge in [0, 0.05) is 59.9 Å². The lowest BCUT2D eigenvalue weighted by atomic mass is 9.97. The standard InChI is InChI=1S/C11H22NO7Si.C6H10O4.C5H10NO2.C5H11NO.C5H12O3S.C5H10O2/c1-3-9(2)11(14)12-19-8-10(13)7-18-5-4-6-20(15,16)17;1-3(5(7)8)4(2)6(9)10;1-3-4(2)5(7)6-8;1-3-4(2)5(6)7;1-3-5(2)4-9(6,7)8;1-3-4(2)5(6)7/h9-10,13H,3-8H2,1-2H3,(H,12,14);3-4H,1-2H3,(H,7,8)(H,9,10);4H,3H2,1-2H3,(H-,6,7,8);4H,3H2,1-2H3,(H2,6,7);5H,3-4H2,1-2H3,(H,6,7,8);4H,3H2,1-2H3,(H,6,7)/q-3;;-1;;;/p-4. The maximum atomic E-state index is 11.3. The Hall–Kier alpha value is -3.33. The van der Waals surface area contributed by atoms with Gasteiger partial charge in [0.15, 0.2) is 0 Å². The molecule has 5 N–H and O–H groups in total. The first kappa shape index (κ1) is 69.4. The van der Waals surface area contributed by atoms with E-state index in [1.54, 1.807) is 27.7 Å². The number of hydrogen-bond donors (Lipinski definition) is 4. The summed E-state index contributed by atoms with van der Waals surface area (Å²) in [5.74, 6) is -7.37. The van der Waals surface area contributed by atoms with Gasteiger partial charge in [0.05, 0.1) is 16.7 Å². The number of primary amides is 1. The molecule has 3 amide bonds. The van der Waals surface area contributed by atoms with Gasteiger partial charge in [-0.2, -0.15) is 0 Å². The van der Waals surface area contributed by atoms with Crippen molar-refractivity contribution in [2.24, 2.45) is 47.2 Å². The van der Waals surface area contributed by atoms with Gasteiger partial charge in [-0.1, -0.05) is 89.5 Å².